The van der Waals surface area contributed by atoms with E-state index in [-0.39, 0.29) is 35.1 Å². The molecule has 0 spiro atoms. The number of allylic oxidation sites excluding steroid dienone is 1. The van der Waals surface area contributed by atoms with Crippen LogP contribution in [0, 0.1) is 34.5 Å². The fourth-order valence-electron chi connectivity index (χ4n) is 7.54. The molecule has 0 aromatic rings. The fourth-order valence-corrected chi connectivity index (χ4v) is 7.54. The summed E-state index contributed by atoms with van der Waals surface area (Å²) in [6.07, 6.45) is 6.88. The number of carbonyl (C=O) groups is 1. The number of ketones is 1. The molecule has 140 valence electrons. The minimum atomic E-state index is -0.463. The Kier molecular flexibility index (Phi) is 4.17. The van der Waals surface area contributed by atoms with Crippen LogP contribution in [-0.2, 0) is 4.79 Å². The van der Waals surface area contributed by atoms with Crippen LogP contribution >= 0.6 is 0 Å². The van der Waals surface area contributed by atoms with Gasteiger partial charge >= 0.3 is 0 Å². The van der Waals surface area contributed by atoms with Crippen molar-refractivity contribution in [1.82, 2.24) is 0 Å². The molecule has 3 saturated carbocycles. The zero-order chi connectivity index (χ0) is 18.0. The van der Waals surface area contributed by atoms with Crippen molar-refractivity contribution in [2.24, 2.45) is 34.5 Å². The van der Waals surface area contributed by atoms with Crippen LogP contribution in [0.25, 0.3) is 0 Å². The van der Waals surface area contributed by atoms with Crippen molar-refractivity contribution >= 4 is 5.78 Å². The number of hydrogen-bond donors (Lipinski definition) is 3. The minimum absolute atomic E-state index is 0.0609. The Morgan fingerprint density at radius 1 is 1.28 bits per heavy atom. The average Bonchev–Trinajstić information content (AvgIpc) is 2.95. The average molecular weight is 348 g/mol. The van der Waals surface area contributed by atoms with Crippen molar-refractivity contribution in [2.75, 3.05) is 6.61 Å². The molecule has 0 aromatic carbocycles. The summed E-state index contributed by atoms with van der Waals surface area (Å²) < 4.78 is 0. The van der Waals surface area contributed by atoms with Gasteiger partial charge < -0.3 is 15.3 Å². The fraction of sp³-hybridized carbons (Fsp3) is 0.857. The van der Waals surface area contributed by atoms with Crippen LogP contribution in [0.5, 0.6) is 0 Å². The van der Waals surface area contributed by atoms with E-state index in [0.717, 1.165) is 32.1 Å². The molecule has 0 saturated heterocycles. The molecule has 4 aliphatic carbocycles. The summed E-state index contributed by atoms with van der Waals surface area (Å²) in [5.74, 6) is 1.25. The highest BCUT2D eigenvalue weighted by molar-refractivity contribution is 5.91. The van der Waals surface area contributed by atoms with E-state index in [1.165, 1.54) is 5.57 Å². The largest absolute Gasteiger partial charge is 0.396 e. The van der Waals surface area contributed by atoms with Crippen LogP contribution in [0.4, 0.5) is 0 Å². The smallest absolute Gasteiger partial charge is 0.155 e. The number of carbonyl (C=O) groups excluding carboxylic acids is 1. The second-order valence-electron chi connectivity index (χ2n) is 9.48. The van der Waals surface area contributed by atoms with Gasteiger partial charge in [-0.1, -0.05) is 12.5 Å². The topological polar surface area (TPSA) is 77.8 Å². The molecule has 3 fully saturated rings. The van der Waals surface area contributed by atoms with Gasteiger partial charge in [0.1, 0.15) is 0 Å². The van der Waals surface area contributed by atoms with Gasteiger partial charge in [-0.3, -0.25) is 4.79 Å². The molecule has 0 aromatic heterocycles. The van der Waals surface area contributed by atoms with Gasteiger partial charge in [-0.25, -0.2) is 0 Å². The lowest BCUT2D eigenvalue weighted by atomic mass is 9.45. The maximum Gasteiger partial charge on any atom is 0.155 e. The second-order valence-corrected chi connectivity index (χ2v) is 9.48. The highest BCUT2D eigenvalue weighted by atomic mass is 16.3. The SMILES string of the molecule is C[C@H](O)[C@H]1CC[C@H]2[C@@H]3CCC4=CC(=O)CC[C@]4(C)[C@H]3[C@@H](O)C[C@]12CO. The lowest BCUT2D eigenvalue weighted by Gasteiger charge is -2.60. The molecule has 3 N–H and O–H groups in total. The molecular weight excluding hydrogens is 316 g/mol. The van der Waals surface area contributed by atoms with E-state index in [0.29, 0.717) is 24.7 Å². The molecule has 4 heteroatoms. The summed E-state index contributed by atoms with van der Waals surface area (Å²) in [6, 6.07) is 0. The van der Waals surface area contributed by atoms with Crippen molar-refractivity contribution in [3.05, 3.63) is 11.6 Å². The predicted octanol–water partition coefficient (Wildman–Crippen LogP) is 2.46. The predicted molar refractivity (Wildman–Crippen MR) is 94.7 cm³/mol. The maximum atomic E-state index is 11.9. The van der Waals surface area contributed by atoms with Crippen LogP contribution in [0.1, 0.15) is 58.8 Å². The lowest BCUT2D eigenvalue weighted by molar-refractivity contribution is -0.158. The Labute approximate surface area is 150 Å². The quantitative estimate of drug-likeness (QED) is 0.716. The molecule has 8 atom stereocenters. The Morgan fingerprint density at radius 3 is 2.72 bits per heavy atom. The third-order valence-corrected chi connectivity index (χ3v) is 8.57. The first-order valence-corrected chi connectivity index (χ1v) is 10.0. The Bertz CT molecular complexity index is 597. The molecule has 0 radical (unpaired) electrons. The van der Waals surface area contributed by atoms with Gasteiger partial charge in [-0.2, -0.15) is 0 Å². The number of aliphatic hydroxyl groups is 3. The molecule has 0 amide bonds. The molecular formula is C21H32O4. The van der Waals surface area contributed by atoms with E-state index >= 15 is 0 Å². The van der Waals surface area contributed by atoms with Gasteiger partial charge in [0.05, 0.1) is 12.2 Å². The maximum absolute atomic E-state index is 11.9. The Hall–Kier alpha value is -0.710. The van der Waals surface area contributed by atoms with Gasteiger partial charge in [0, 0.05) is 18.4 Å². The summed E-state index contributed by atoms with van der Waals surface area (Å²) in [5, 5.41) is 31.8. The highest BCUT2D eigenvalue weighted by Gasteiger charge is 2.63. The van der Waals surface area contributed by atoms with Crippen molar-refractivity contribution in [2.45, 2.75) is 71.0 Å². The molecule has 25 heavy (non-hydrogen) atoms. The number of aliphatic hydroxyl groups excluding tert-OH is 3. The van der Waals surface area contributed by atoms with Gasteiger partial charge in [0.2, 0.25) is 0 Å². The third kappa shape index (κ3) is 2.33. The van der Waals surface area contributed by atoms with Crippen LogP contribution in [-0.4, -0.2) is 39.9 Å². The first-order valence-electron chi connectivity index (χ1n) is 10.0. The minimum Gasteiger partial charge on any atom is -0.396 e. The standard InChI is InChI=1S/C21H32O4/c1-12(23)16-5-6-17-15-4-3-13-9-14(24)7-8-20(13,2)19(15)18(25)10-21(16,17)11-22/h9,12,15-19,22-23,25H,3-8,10-11H2,1-2H3/t12-,15-,16+,17-,18-,19+,20-,21-/m0/s1. The molecule has 4 nitrogen and oxygen atoms in total. The van der Waals surface area contributed by atoms with Gasteiger partial charge in [-0.15, -0.1) is 0 Å². The van der Waals surface area contributed by atoms with E-state index < -0.39 is 12.2 Å². The first-order chi connectivity index (χ1) is 11.8. The van der Waals surface area contributed by atoms with Crippen molar-refractivity contribution in [3.63, 3.8) is 0 Å². The second kappa shape index (κ2) is 5.90. The monoisotopic (exact) mass is 348 g/mol. The van der Waals surface area contributed by atoms with Gasteiger partial charge in [0.25, 0.3) is 0 Å². The van der Waals surface area contributed by atoms with Crippen LogP contribution < -0.4 is 0 Å². The molecule has 0 aliphatic heterocycles. The lowest BCUT2D eigenvalue weighted by Crippen LogP contribution is -2.59. The Morgan fingerprint density at radius 2 is 2.04 bits per heavy atom. The van der Waals surface area contributed by atoms with E-state index in [4.69, 9.17) is 0 Å². The number of hydrogen-bond acceptors (Lipinski definition) is 4. The summed E-state index contributed by atoms with van der Waals surface area (Å²) in [5.41, 5.74) is 0.822. The van der Waals surface area contributed by atoms with E-state index in [2.05, 4.69) is 6.92 Å². The molecule has 4 rings (SSSR count). The summed E-state index contributed by atoms with van der Waals surface area (Å²) in [4.78, 5) is 11.9. The van der Waals surface area contributed by atoms with Crippen molar-refractivity contribution in [3.8, 4) is 0 Å². The number of fused-ring (bicyclic) bond motifs is 5. The highest BCUT2D eigenvalue weighted by Crippen LogP contribution is 2.66. The normalized spacial score (nSPS) is 50.5. The van der Waals surface area contributed by atoms with Crippen LogP contribution in [0.15, 0.2) is 11.6 Å². The first kappa shape index (κ1) is 17.7. The zero-order valence-corrected chi connectivity index (χ0v) is 15.4. The Balaban J connectivity index is 1.73. The van der Waals surface area contributed by atoms with Crippen LogP contribution in [0.2, 0.25) is 0 Å². The molecule has 4 aliphatic rings. The third-order valence-electron chi connectivity index (χ3n) is 8.57. The molecule has 0 bridgehead atoms. The van der Waals surface area contributed by atoms with Crippen LogP contribution in [0.3, 0.4) is 0 Å². The van der Waals surface area contributed by atoms with Crippen molar-refractivity contribution < 1.29 is 20.1 Å². The summed E-state index contributed by atoms with van der Waals surface area (Å²) in [6.45, 7) is 4.14. The summed E-state index contributed by atoms with van der Waals surface area (Å²) in [7, 11) is 0. The molecule has 0 unspecified atom stereocenters. The summed E-state index contributed by atoms with van der Waals surface area (Å²) >= 11 is 0. The number of rotatable bonds is 2. The van der Waals surface area contributed by atoms with E-state index in [1.807, 2.05) is 13.0 Å². The van der Waals surface area contributed by atoms with E-state index in [9.17, 15) is 20.1 Å². The van der Waals surface area contributed by atoms with Gasteiger partial charge in [-0.05, 0) is 80.6 Å². The molecule has 0 heterocycles. The van der Waals surface area contributed by atoms with Crippen molar-refractivity contribution in [1.29, 1.82) is 0 Å². The van der Waals surface area contributed by atoms with E-state index in [1.54, 1.807) is 0 Å². The van der Waals surface area contributed by atoms with Gasteiger partial charge in [0.15, 0.2) is 5.78 Å². The zero-order valence-electron chi connectivity index (χ0n) is 15.4.